The van der Waals surface area contributed by atoms with Gasteiger partial charge in [0.1, 0.15) is 5.75 Å². The normalized spacial score (nSPS) is 21.9. The highest BCUT2D eigenvalue weighted by Gasteiger charge is 2.57. The number of fused-ring (bicyclic) bond motifs is 1. The highest BCUT2D eigenvalue weighted by molar-refractivity contribution is 6.31. The van der Waals surface area contributed by atoms with E-state index >= 15 is 0 Å². The lowest BCUT2D eigenvalue weighted by atomic mass is 10.1. The highest BCUT2D eigenvalue weighted by atomic mass is 35.5. The van der Waals surface area contributed by atoms with Crippen molar-refractivity contribution in [1.82, 2.24) is 29.5 Å². The number of nitrogens with zero attached hydrogens (tertiary/aromatic N) is 5. The van der Waals surface area contributed by atoms with E-state index < -0.39 is 12.5 Å². The number of aryl methyl sites for hydroxylation is 1. The molecule has 1 aromatic carbocycles. The second-order valence-corrected chi connectivity index (χ2v) is 9.98. The summed E-state index contributed by atoms with van der Waals surface area (Å²) in [5.41, 5.74) is 1.37. The number of carbonyl (C=O) groups is 1. The number of ether oxygens (including phenoxy) is 2. The number of likely N-dealkylation sites (tertiary alicyclic amines) is 1. The third-order valence-corrected chi connectivity index (χ3v) is 7.35. The summed E-state index contributed by atoms with van der Waals surface area (Å²) in [6, 6.07) is 5.70. The van der Waals surface area contributed by atoms with Crippen LogP contribution in [0.1, 0.15) is 24.2 Å². The molecule has 2 fully saturated rings. The summed E-state index contributed by atoms with van der Waals surface area (Å²) in [7, 11) is 1.75. The van der Waals surface area contributed by atoms with Crippen LogP contribution in [0.25, 0.3) is 0 Å². The number of aromatic nitrogens is 4. The van der Waals surface area contributed by atoms with Gasteiger partial charge in [-0.1, -0.05) is 23.7 Å². The predicted octanol–water partition coefficient (Wildman–Crippen LogP) is 4.64. The molecule has 1 saturated heterocycles. The van der Waals surface area contributed by atoms with Crippen molar-refractivity contribution in [3.8, 4) is 11.6 Å². The van der Waals surface area contributed by atoms with Gasteiger partial charge in [-0.3, -0.25) is 10.00 Å². The molecule has 2 aromatic heterocycles. The SMILES string of the molecule is CC(c1[nH]ncc1Cl)N1CC2C(CN(Cc3cccc(OC(F)(F)F)c3)C(=O)Oc3cn(C)cn3)C2C1. The van der Waals surface area contributed by atoms with Crippen molar-refractivity contribution in [2.75, 3.05) is 19.6 Å². The van der Waals surface area contributed by atoms with E-state index in [9.17, 15) is 18.0 Å². The van der Waals surface area contributed by atoms with Crippen molar-refractivity contribution in [1.29, 1.82) is 0 Å². The van der Waals surface area contributed by atoms with Gasteiger partial charge in [0.15, 0.2) is 0 Å². The maximum absolute atomic E-state index is 13.1. The number of piperidine rings is 1. The summed E-state index contributed by atoms with van der Waals surface area (Å²) < 4.78 is 49.2. The number of carbonyl (C=O) groups excluding carboxylic acids is 1. The van der Waals surface area contributed by atoms with Crippen LogP contribution in [0.5, 0.6) is 11.6 Å². The zero-order valence-corrected chi connectivity index (χ0v) is 20.9. The first-order valence-electron chi connectivity index (χ1n) is 11.8. The predicted molar refractivity (Wildman–Crippen MR) is 127 cm³/mol. The summed E-state index contributed by atoms with van der Waals surface area (Å²) in [6.45, 7) is 4.26. The molecule has 0 radical (unpaired) electrons. The molecule has 13 heteroatoms. The Morgan fingerprint density at radius 2 is 2.08 bits per heavy atom. The van der Waals surface area contributed by atoms with Crippen molar-refractivity contribution >= 4 is 17.7 Å². The molecule has 1 aliphatic carbocycles. The van der Waals surface area contributed by atoms with Crippen LogP contribution in [0.15, 0.2) is 43.0 Å². The van der Waals surface area contributed by atoms with E-state index in [0.717, 1.165) is 18.8 Å². The van der Waals surface area contributed by atoms with Gasteiger partial charge in [0, 0.05) is 33.2 Å². The van der Waals surface area contributed by atoms with Crippen LogP contribution < -0.4 is 9.47 Å². The maximum Gasteiger partial charge on any atom is 0.573 e. The van der Waals surface area contributed by atoms with Crippen LogP contribution in [0, 0.1) is 17.8 Å². The quantitative estimate of drug-likeness (QED) is 0.450. The Balaban J connectivity index is 1.26. The summed E-state index contributed by atoms with van der Waals surface area (Å²) in [5.74, 6) is 0.863. The smallest absolute Gasteiger partial charge is 0.406 e. The Morgan fingerprint density at radius 1 is 1.32 bits per heavy atom. The molecule has 198 valence electrons. The summed E-state index contributed by atoms with van der Waals surface area (Å²) in [5, 5.41) is 7.56. The lowest BCUT2D eigenvalue weighted by Crippen LogP contribution is -2.37. The average molecular weight is 539 g/mol. The van der Waals surface area contributed by atoms with Crippen LogP contribution in [0.2, 0.25) is 5.02 Å². The minimum absolute atomic E-state index is 0.0700. The van der Waals surface area contributed by atoms with Crippen LogP contribution in [0.4, 0.5) is 18.0 Å². The van der Waals surface area contributed by atoms with E-state index in [1.807, 2.05) is 0 Å². The van der Waals surface area contributed by atoms with E-state index in [0.29, 0.717) is 29.0 Å². The molecule has 1 amide bonds. The molecule has 1 saturated carbocycles. The second-order valence-electron chi connectivity index (χ2n) is 9.57. The fraction of sp³-hybridized carbons (Fsp3) is 0.458. The first-order chi connectivity index (χ1) is 17.6. The zero-order chi connectivity index (χ0) is 26.3. The molecule has 37 heavy (non-hydrogen) atoms. The molecule has 3 atom stereocenters. The van der Waals surface area contributed by atoms with Gasteiger partial charge >= 0.3 is 12.5 Å². The van der Waals surface area contributed by atoms with Crippen LogP contribution in [-0.2, 0) is 13.6 Å². The first kappa shape index (κ1) is 25.4. The molecule has 0 bridgehead atoms. The molecule has 0 spiro atoms. The number of nitrogens with one attached hydrogen (secondary N) is 1. The van der Waals surface area contributed by atoms with Crippen molar-refractivity contribution in [2.45, 2.75) is 25.9 Å². The Morgan fingerprint density at radius 3 is 2.70 bits per heavy atom. The van der Waals surface area contributed by atoms with Gasteiger partial charge in [-0.05, 0) is 42.4 Å². The topological polar surface area (TPSA) is 88.5 Å². The lowest BCUT2D eigenvalue weighted by molar-refractivity contribution is -0.274. The fourth-order valence-electron chi connectivity index (χ4n) is 5.14. The maximum atomic E-state index is 13.1. The number of imidazole rings is 1. The monoisotopic (exact) mass is 538 g/mol. The molecule has 5 rings (SSSR count). The third kappa shape index (κ3) is 5.85. The van der Waals surface area contributed by atoms with E-state index in [2.05, 4.69) is 31.7 Å². The molecule has 3 unspecified atom stereocenters. The second kappa shape index (κ2) is 9.90. The van der Waals surface area contributed by atoms with Gasteiger partial charge in [0.05, 0.1) is 35.5 Å². The number of hydrogen-bond donors (Lipinski definition) is 1. The average Bonchev–Trinajstić information content (AvgIpc) is 3.25. The fourth-order valence-corrected chi connectivity index (χ4v) is 5.39. The molecular formula is C24H26ClF3N6O3. The standard InChI is InChI=1S/C24H26ClF3N6O3/c1-14(22-20(25)7-30-31-22)33-9-17-18(10-33)19(17)11-34(23(35)36-21-12-32(2)13-29-21)8-15-4-3-5-16(6-15)37-24(26,27)28/h3-7,12-14,17-19H,8-11H2,1-2H3,(H,30,31). The molecule has 1 N–H and O–H groups in total. The number of amides is 1. The van der Waals surface area contributed by atoms with E-state index in [1.165, 1.54) is 29.4 Å². The minimum Gasteiger partial charge on any atom is -0.406 e. The first-order valence-corrected chi connectivity index (χ1v) is 12.2. The van der Waals surface area contributed by atoms with E-state index in [-0.39, 0.29) is 30.1 Å². The Kier molecular flexibility index (Phi) is 6.80. The molecule has 9 nitrogen and oxygen atoms in total. The largest absolute Gasteiger partial charge is 0.573 e. The summed E-state index contributed by atoms with van der Waals surface area (Å²) in [6.07, 6.45) is -0.740. The number of rotatable bonds is 8. The van der Waals surface area contributed by atoms with Crippen molar-refractivity contribution in [3.63, 3.8) is 0 Å². The molecule has 3 heterocycles. The Hall–Kier alpha value is -3.25. The highest BCUT2D eigenvalue weighted by Crippen LogP contribution is 2.53. The van der Waals surface area contributed by atoms with Gasteiger partial charge < -0.3 is 18.9 Å². The number of alkyl halides is 3. The van der Waals surface area contributed by atoms with E-state index in [1.54, 1.807) is 30.1 Å². The molecule has 2 aliphatic rings. The molecular weight excluding hydrogens is 513 g/mol. The minimum atomic E-state index is -4.80. The summed E-state index contributed by atoms with van der Waals surface area (Å²) in [4.78, 5) is 21.0. The van der Waals surface area contributed by atoms with Gasteiger partial charge in [-0.25, -0.2) is 9.78 Å². The number of H-pyrrole nitrogens is 1. The van der Waals surface area contributed by atoms with Gasteiger partial charge in [-0.2, -0.15) is 5.10 Å². The van der Waals surface area contributed by atoms with Gasteiger partial charge in [-0.15, -0.1) is 13.2 Å². The van der Waals surface area contributed by atoms with Crippen molar-refractivity contribution < 1.29 is 27.4 Å². The van der Waals surface area contributed by atoms with Crippen LogP contribution in [-0.4, -0.2) is 61.6 Å². The number of benzene rings is 1. The lowest BCUT2D eigenvalue weighted by Gasteiger charge is -2.28. The number of halogens is 4. The van der Waals surface area contributed by atoms with Crippen LogP contribution >= 0.6 is 11.6 Å². The zero-order valence-electron chi connectivity index (χ0n) is 20.2. The van der Waals surface area contributed by atoms with Gasteiger partial charge in [0.25, 0.3) is 0 Å². The van der Waals surface area contributed by atoms with Crippen molar-refractivity contribution in [3.05, 3.63) is 59.3 Å². The van der Waals surface area contributed by atoms with Crippen molar-refractivity contribution in [2.24, 2.45) is 24.8 Å². The molecule has 3 aromatic rings. The summed E-state index contributed by atoms with van der Waals surface area (Å²) >= 11 is 6.23. The third-order valence-electron chi connectivity index (χ3n) is 7.05. The Bertz CT molecular complexity index is 1250. The Labute approximate surface area is 216 Å². The molecule has 1 aliphatic heterocycles. The van der Waals surface area contributed by atoms with Crippen LogP contribution in [0.3, 0.4) is 0 Å². The number of aromatic amines is 1. The number of hydrogen-bond acceptors (Lipinski definition) is 6. The van der Waals surface area contributed by atoms with E-state index in [4.69, 9.17) is 16.3 Å². The van der Waals surface area contributed by atoms with Gasteiger partial charge in [0.2, 0.25) is 5.88 Å².